The third-order valence-electron chi connectivity index (χ3n) is 2.71. The van der Waals surface area contributed by atoms with Gasteiger partial charge in [0, 0.05) is 16.8 Å². The molecule has 0 unspecified atom stereocenters. The molecule has 1 saturated carbocycles. The van der Waals surface area contributed by atoms with Crippen LogP contribution < -0.4 is 15.4 Å². The molecular formula is C13H12ClN3O2S. The molecule has 0 spiro atoms. The lowest BCUT2D eigenvalue weighted by Gasteiger charge is -2.07. The minimum atomic E-state index is -0.586. The molecule has 0 aliphatic heterocycles. The summed E-state index contributed by atoms with van der Waals surface area (Å²) in [6.07, 6.45) is 1.70. The van der Waals surface area contributed by atoms with E-state index in [1.807, 2.05) is 0 Å². The van der Waals surface area contributed by atoms with Crippen molar-refractivity contribution in [2.45, 2.75) is 18.9 Å². The van der Waals surface area contributed by atoms with E-state index in [1.165, 1.54) is 11.3 Å². The van der Waals surface area contributed by atoms with Crippen molar-refractivity contribution in [1.29, 1.82) is 0 Å². The number of aromatic nitrogens is 1. The standard InChI is InChI=1S/C13H12ClN3O2S/c14-8-2-1-3-10(6-8)17-13(18)19-11-12(20-7-15-11)16-9-4-5-9/h1-3,6-7,9,16H,4-5H2,(H,17,18). The molecule has 1 heterocycles. The zero-order valence-corrected chi connectivity index (χ0v) is 12.0. The number of halogens is 1. The predicted octanol–water partition coefficient (Wildman–Crippen LogP) is 3.98. The lowest BCUT2D eigenvalue weighted by Crippen LogP contribution is -2.17. The van der Waals surface area contributed by atoms with Crippen molar-refractivity contribution in [3.63, 3.8) is 0 Å². The number of rotatable bonds is 4. The first-order chi connectivity index (χ1) is 9.70. The second-order valence-corrected chi connectivity index (χ2v) is 5.72. The van der Waals surface area contributed by atoms with Crippen molar-refractivity contribution >= 4 is 39.7 Å². The van der Waals surface area contributed by atoms with Crippen molar-refractivity contribution in [3.8, 4) is 5.88 Å². The number of nitrogens with zero attached hydrogens (tertiary/aromatic N) is 1. The highest BCUT2D eigenvalue weighted by Gasteiger charge is 2.24. The molecule has 1 aliphatic rings. The Morgan fingerprint density at radius 1 is 1.45 bits per heavy atom. The molecule has 1 aliphatic carbocycles. The number of carbonyl (C=O) groups is 1. The first kappa shape index (κ1) is 13.2. The van der Waals surface area contributed by atoms with Gasteiger partial charge in [-0.3, -0.25) is 5.32 Å². The van der Waals surface area contributed by atoms with Gasteiger partial charge >= 0.3 is 6.09 Å². The van der Waals surface area contributed by atoms with Crippen LogP contribution in [0.3, 0.4) is 0 Å². The number of nitrogens with one attached hydrogen (secondary N) is 2. The Morgan fingerprint density at radius 2 is 2.30 bits per heavy atom. The molecule has 0 saturated heterocycles. The van der Waals surface area contributed by atoms with E-state index in [0.29, 0.717) is 22.6 Å². The van der Waals surface area contributed by atoms with Gasteiger partial charge in [0.05, 0.1) is 5.51 Å². The Hall–Kier alpha value is -1.79. The number of amides is 1. The SMILES string of the molecule is O=C(Nc1cccc(Cl)c1)Oc1ncsc1NC1CC1. The molecule has 1 aromatic heterocycles. The maximum Gasteiger partial charge on any atom is 0.418 e. The monoisotopic (exact) mass is 309 g/mol. The first-order valence-corrected chi connectivity index (χ1v) is 7.41. The Bertz CT molecular complexity index is 628. The topological polar surface area (TPSA) is 63.2 Å². The quantitative estimate of drug-likeness (QED) is 0.896. The van der Waals surface area contributed by atoms with Gasteiger partial charge in [-0.05, 0) is 31.0 Å². The molecule has 5 nitrogen and oxygen atoms in total. The van der Waals surface area contributed by atoms with E-state index in [0.717, 1.165) is 17.8 Å². The second-order valence-electron chi connectivity index (χ2n) is 4.43. The highest BCUT2D eigenvalue weighted by Crippen LogP contribution is 2.33. The summed E-state index contributed by atoms with van der Waals surface area (Å²) < 4.78 is 5.20. The first-order valence-electron chi connectivity index (χ1n) is 6.15. The zero-order chi connectivity index (χ0) is 13.9. The van der Waals surface area contributed by atoms with Crippen molar-refractivity contribution in [3.05, 3.63) is 34.8 Å². The average Bonchev–Trinajstić information content (AvgIpc) is 3.11. The normalized spacial score (nSPS) is 13.8. The summed E-state index contributed by atoms with van der Waals surface area (Å²) in [5.74, 6) is 0.307. The largest absolute Gasteiger partial charge is 0.418 e. The maximum absolute atomic E-state index is 11.8. The molecule has 7 heteroatoms. The number of hydrogen-bond acceptors (Lipinski definition) is 5. The van der Waals surface area contributed by atoms with E-state index in [2.05, 4.69) is 15.6 Å². The zero-order valence-electron chi connectivity index (χ0n) is 10.4. The van der Waals surface area contributed by atoms with Crippen LogP contribution in [0.25, 0.3) is 0 Å². The lowest BCUT2D eigenvalue weighted by molar-refractivity contribution is 0.214. The van der Waals surface area contributed by atoms with Gasteiger partial charge in [-0.2, -0.15) is 0 Å². The highest BCUT2D eigenvalue weighted by atomic mass is 35.5. The van der Waals surface area contributed by atoms with Crippen molar-refractivity contribution in [2.75, 3.05) is 10.6 Å². The molecule has 0 bridgehead atoms. The van der Waals surface area contributed by atoms with Crippen LogP contribution >= 0.6 is 22.9 Å². The number of thiazole rings is 1. The van der Waals surface area contributed by atoms with Crippen LogP contribution in [0, 0.1) is 0 Å². The Balaban J connectivity index is 1.62. The summed E-state index contributed by atoms with van der Waals surface area (Å²) >= 11 is 7.27. The van der Waals surface area contributed by atoms with Gasteiger partial charge in [0.2, 0.25) is 0 Å². The minimum absolute atomic E-state index is 0.307. The van der Waals surface area contributed by atoms with Gasteiger partial charge in [-0.25, -0.2) is 9.78 Å². The molecule has 20 heavy (non-hydrogen) atoms. The van der Waals surface area contributed by atoms with Gasteiger partial charge in [0.25, 0.3) is 5.88 Å². The smallest absolute Gasteiger partial charge is 0.388 e. The van der Waals surface area contributed by atoms with E-state index in [-0.39, 0.29) is 0 Å². The van der Waals surface area contributed by atoms with Crippen molar-refractivity contribution in [1.82, 2.24) is 4.98 Å². The van der Waals surface area contributed by atoms with E-state index in [4.69, 9.17) is 16.3 Å². The van der Waals surface area contributed by atoms with Crippen LogP contribution in [0.5, 0.6) is 5.88 Å². The third-order valence-corrected chi connectivity index (χ3v) is 3.68. The van der Waals surface area contributed by atoms with Crippen molar-refractivity contribution in [2.24, 2.45) is 0 Å². The molecule has 2 N–H and O–H groups in total. The van der Waals surface area contributed by atoms with Crippen LogP contribution in [0.15, 0.2) is 29.8 Å². The molecule has 1 fully saturated rings. The molecule has 3 rings (SSSR count). The number of hydrogen-bond donors (Lipinski definition) is 2. The Kier molecular flexibility index (Phi) is 3.75. The van der Waals surface area contributed by atoms with Crippen LogP contribution in [0.1, 0.15) is 12.8 Å². The Morgan fingerprint density at radius 3 is 3.05 bits per heavy atom. The van der Waals surface area contributed by atoms with Crippen LogP contribution in [-0.4, -0.2) is 17.1 Å². The predicted molar refractivity (Wildman–Crippen MR) is 79.9 cm³/mol. The minimum Gasteiger partial charge on any atom is -0.388 e. The van der Waals surface area contributed by atoms with Crippen LogP contribution in [0.4, 0.5) is 15.5 Å². The third kappa shape index (κ3) is 3.40. The summed E-state index contributed by atoms with van der Waals surface area (Å²) in [4.78, 5) is 15.8. The number of benzene rings is 1. The number of anilines is 2. The molecule has 1 aromatic carbocycles. The van der Waals surface area contributed by atoms with Crippen LogP contribution in [0.2, 0.25) is 5.02 Å². The molecule has 0 radical (unpaired) electrons. The van der Waals surface area contributed by atoms with E-state index < -0.39 is 6.09 Å². The summed E-state index contributed by atoms with van der Waals surface area (Å²) in [5.41, 5.74) is 2.22. The van der Waals surface area contributed by atoms with Gasteiger partial charge in [0.1, 0.15) is 0 Å². The fraction of sp³-hybridized carbons (Fsp3) is 0.231. The summed E-state index contributed by atoms with van der Waals surface area (Å²) in [6.45, 7) is 0. The lowest BCUT2D eigenvalue weighted by atomic mass is 10.3. The summed E-state index contributed by atoms with van der Waals surface area (Å²) in [6, 6.07) is 7.34. The highest BCUT2D eigenvalue weighted by molar-refractivity contribution is 7.14. The van der Waals surface area contributed by atoms with Gasteiger partial charge in [0.15, 0.2) is 5.00 Å². The van der Waals surface area contributed by atoms with Crippen LogP contribution in [-0.2, 0) is 0 Å². The van der Waals surface area contributed by atoms with E-state index >= 15 is 0 Å². The molecule has 2 aromatic rings. The second kappa shape index (κ2) is 5.68. The Labute approximate surface area is 124 Å². The van der Waals surface area contributed by atoms with Gasteiger partial charge < -0.3 is 10.1 Å². The molecular weight excluding hydrogens is 298 g/mol. The maximum atomic E-state index is 11.8. The number of ether oxygens (including phenoxy) is 1. The molecule has 1 amide bonds. The molecule has 104 valence electrons. The van der Waals surface area contributed by atoms with Gasteiger partial charge in [-0.15, -0.1) is 11.3 Å². The van der Waals surface area contributed by atoms with Gasteiger partial charge in [-0.1, -0.05) is 17.7 Å². The summed E-state index contributed by atoms with van der Waals surface area (Å²) in [5, 5.41) is 7.22. The van der Waals surface area contributed by atoms with E-state index in [1.54, 1.807) is 29.8 Å². The van der Waals surface area contributed by atoms with Crippen molar-refractivity contribution < 1.29 is 9.53 Å². The average molecular weight is 310 g/mol. The fourth-order valence-electron chi connectivity index (χ4n) is 1.61. The number of carbonyl (C=O) groups excluding carboxylic acids is 1. The fourth-order valence-corrected chi connectivity index (χ4v) is 2.49. The summed E-state index contributed by atoms with van der Waals surface area (Å²) in [7, 11) is 0. The molecule has 0 atom stereocenters. The van der Waals surface area contributed by atoms with E-state index in [9.17, 15) is 4.79 Å².